The summed E-state index contributed by atoms with van der Waals surface area (Å²) < 4.78 is 16.6. The molecule has 0 saturated heterocycles. The summed E-state index contributed by atoms with van der Waals surface area (Å²) in [6.45, 7) is 11.9. The monoisotopic (exact) mass is 385 g/mol. The fraction of sp³-hybridized carbons (Fsp3) is 0.522. The fourth-order valence-electron chi connectivity index (χ4n) is 3.79. The third-order valence-corrected chi connectivity index (χ3v) is 4.79. The zero-order chi connectivity index (χ0) is 20.3. The van der Waals surface area contributed by atoms with Gasteiger partial charge in [0.05, 0.1) is 6.54 Å². The van der Waals surface area contributed by atoms with Crippen molar-refractivity contribution in [3.05, 3.63) is 47.4 Å². The van der Waals surface area contributed by atoms with Crippen molar-refractivity contribution < 1.29 is 18.7 Å². The van der Waals surface area contributed by atoms with E-state index >= 15 is 0 Å². The molecule has 0 aliphatic carbocycles. The van der Waals surface area contributed by atoms with Gasteiger partial charge in [-0.2, -0.15) is 0 Å². The summed E-state index contributed by atoms with van der Waals surface area (Å²) in [6, 6.07) is 9.71. The second kappa shape index (κ2) is 8.29. The maximum Gasteiger partial charge on any atom is 0.231 e. The van der Waals surface area contributed by atoms with E-state index in [0.717, 1.165) is 35.0 Å². The summed E-state index contributed by atoms with van der Waals surface area (Å²) >= 11 is 0. The number of hydrogen-bond acceptors (Lipinski definition) is 4. The molecule has 0 radical (unpaired) electrons. The molecule has 5 heteroatoms. The lowest BCUT2D eigenvalue weighted by Crippen LogP contribution is -2.31. The lowest BCUT2D eigenvalue weighted by Gasteiger charge is -2.27. The van der Waals surface area contributed by atoms with Gasteiger partial charge in [0.2, 0.25) is 12.7 Å². The van der Waals surface area contributed by atoms with Crippen molar-refractivity contribution in [2.24, 2.45) is 11.3 Å². The van der Waals surface area contributed by atoms with Gasteiger partial charge >= 0.3 is 0 Å². The van der Waals surface area contributed by atoms with Gasteiger partial charge in [-0.3, -0.25) is 4.79 Å². The predicted molar refractivity (Wildman–Crippen MR) is 108 cm³/mol. The van der Waals surface area contributed by atoms with Gasteiger partial charge in [-0.05, 0) is 54.5 Å². The molecule has 2 heterocycles. The number of fused-ring (bicyclic) bond motifs is 1. The van der Waals surface area contributed by atoms with Gasteiger partial charge in [-0.25, -0.2) is 0 Å². The Labute approximate surface area is 167 Å². The first kappa shape index (κ1) is 20.3. The van der Waals surface area contributed by atoms with Crippen molar-refractivity contribution in [2.75, 3.05) is 6.79 Å². The van der Waals surface area contributed by atoms with Gasteiger partial charge < -0.3 is 18.8 Å². The van der Waals surface area contributed by atoms with Gasteiger partial charge in [0.1, 0.15) is 11.5 Å². The summed E-state index contributed by atoms with van der Waals surface area (Å²) in [5.74, 6) is 3.61. The number of carbonyl (C=O) groups is 1. The van der Waals surface area contributed by atoms with E-state index in [9.17, 15) is 4.79 Å². The van der Waals surface area contributed by atoms with Gasteiger partial charge in [0.15, 0.2) is 11.5 Å². The molecule has 28 heavy (non-hydrogen) atoms. The van der Waals surface area contributed by atoms with Crippen LogP contribution in [-0.4, -0.2) is 17.6 Å². The first-order valence-electron chi connectivity index (χ1n) is 9.91. The van der Waals surface area contributed by atoms with Crippen LogP contribution >= 0.6 is 0 Å². The molecule has 152 valence electrons. The third kappa shape index (κ3) is 5.54. The Morgan fingerprint density at radius 2 is 1.86 bits per heavy atom. The largest absolute Gasteiger partial charge is 0.464 e. The topological polar surface area (TPSA) is 51.9 Å². The molecule has 0 fully saturated rings. The normalized spacial score (nSPS) is 14.2. The Morgan fingerprint density at radius 1 is 1.11 bits per heavy atom. The highest BCUT2D eigenvalue weighted by Crippen LogP contribution is 2.33. The molecule has 0 spiro atoms. The minimum absolute atomic E-state index is 0.142. The van der Waals surface area contributed by atoms with E-state index in [-0.39, 0.29) is 18.1 Å². The van der Waals surface area contributed by atoms with Crippen molar-refractivity contribution in [2.45, 2.75) is 60.5 Å². The molecule has 0 N–H and O–H groups in total. The minimum Gasteiger partial charge on any atom is -0.464 e. The van der Waals surface area contributed by atoms with Crippen LogP contribution in [0.15, 0.2) is 34.7 Å². The third-order valence-electron chi connectivity index (χ3n) is 4.79. The van der Waals surface area contributed by atoms with Gasteiger partial charge in [-0.15, -0.1) is 0 Å². The number of amides is 1. The maximum atomic E-state index is 13.1. The number of nitrogens with zero attached hydrogens (tertiary/aromatic N) is 1. The highest BCUT2D eigenvalue weighted by atomic mass is 16.7. The Balaban J connectivity index is 1.73. The number of ether oxygens (including phenoxy) is 2. The first-order chi connectivity index (χ1) is 13.2. The van der Waals surface area contributed by atoms with Crippen LogP contribution in [0.3, 0.4) is 0 Å². The molecule has 1 aliphatic rings. The van der Waals surface area contributed by atoms with Crippen molar-refractivity contribution in [1.82, 2.24) is 4.90 Å². The number of carbonyl (C=O) groups excluding carboxylic acids is 1. The second-order valence-corrected chi connectivity index (χ2v) is 9.02. The van der Waals surface area contributed by atoms with Crippen LogP contribution in [-0.2, 0) is 17.9 Å². The standard InChI is InChI=1S/C23H31NO4/c1-16(12-23(3,4)5)10-22(25)24(14-19-8-6-17(2)28-19)13-18-7-9-20-21(11-18)27-15-26-20/h6-9,11,16H,10,12-15H2,1-5H3. The van der Waals surface area contributed by atoms with Crippen molar-refractivity contribution >= 4 is 5.91 Å². The molecular formula is C23H31NO4. The van der Waals surface area contributed by atoms with Crippen LogP contribution in [0.1, 0.15) is 57.6 Å². The molecule has 1 aromatic heterocycles. The second-order valence-electron chi connectivity index (χ2n) is 9.02. The highest BCUT2D eigenvalue weighted by molar-refractivity contribution is 5.76. The summed E-state index contributed by atoms with van der Waals surface area (Å²) in [5.41, 5.74) is 1.23. The van der Waals surface area contributed by atoms with E-state index in [0.29, 0.717) is 25.4 Å². The number of rotatable bonds is 7. The van der Waals surface area contributed by atoms with Crippen molar-refractivity contribution in [1.29, 1.82) is 0 Å². The molecule has 1 aliphatic heterocycles. The predicted octanol–water partition coefficient (Wildman–Crippen LogP) is 5.31. The van der Waals surface area contributed by atoms with Gasteiger partial charge in [0, 0.05) is 13.0 Å². The quantitative estimate of drug-likeness (QED) is 0.648. The lowest BCUT2D eigenvalue weighted by atomic mass is 9.84. The molecule has 3 rings (SSSR count). The first-order valence-corrected chi connectivity index (χ1v) is 9.91. The average Bonchev–Trinajstić information content (AvgIpc) is 3.20. The van der Waals surface area contributed by atoms with Crippen molar-refractivity contribution in [3.8, 4) is 11.5 Å². The Hall–Kier alpha value is -2.43. The van der Waals surface area contributed by atoms with Crippen LogP contribution < -0.4 is 9.47 Å². The average molecular weight is 386 g/mol. The van der Waals surface area contributed by atoms with E-state index < -0.39 is 0 Å². The summed E-state index contributed by atoms with van der Waals surface area (Å²) in [7, 11) is 0. The van der Waals surface area contributed by atoms with Crippen LogP contribution in [0.25, 0.3) is 0 Å². The van der Waals surface area contributed by atoms with Crippen LogP contribution in [0.2, 0.25) is 0 Å². The van der Waals surface area contributed by atoms with Crippen LogP contribution in [0, 0.1) is 18.3 Å². The summed E-state index contributed by atoms with van der Waals surface area (Å²) in [4.78, 5) is 15.0. The molecule has 0 bridgehead atoms. The van der Waals surface area contributed by atoms with Crippen LogP contribution in [0.5, 0.6) is 11.5 Å². The minimum atomic E-state index is 0.142. The van der Waals surface area contributed by atoms with E-state index in [1.54, 1.807) is 0 Å². The number of furan rings is 1. The summed E-state index contributed by atoms with van der Waals surface area (Å²) in [6.07, 6.45) is 1.54. The van der Waals surface area contributed by atoms with E-state index in [1.165, 1.54) is 0 Å². The summed E-state index contributed by atoms with van der Waals surface area (Å²) in [5, 5.41) is 0. The molecule has 1 atom stereocenters. The lowest BCUT2D eigenvalue weighted by molar-refractivity contribution is -0.133. The van der Waals surface area contributed by atoms with Gasteiger partial charge in [0.25, 0.3) is 0 Å². The Kier molecular flexibility index (Phi) is 6.01. The van der Waals surface area contributed by atoms with E-state index in [2.05, 4.69) is 27.7 Å². The molecule has 0 saturated carbocycles. The van der Waals surface area contributed by atoms with E-state index in [4.69, 9.17) is 13.9 Å². The van der Waals surface area contributed by atoms with Crippen molar-refractivity contribution in [3.63, 3.8) is 0 Å². The fourth-order valence-corrected chi connectivity index (χ4v) is 3.79. The zero-order valence-electron chi connectivity index (χ0n) is 17.6. The molecule has 5 nitrogen and oxygen atoms in total. The molecule has 1 amide bonds. The zero-order valence-corrected chi connectivity index (χ0v) is 17.6. The maximum absolute atomic E-state index is 13.1. The van der Waals surface area contributed by atoms with Gasteiger partial charge in [-0.1, -0.05) is 33.8 Å². The number of benzene rings is 1. The number of hydrogen-bond donors (Lipinski definition) is 0. The smallest absolute Gasteiger partial charge is 0.231 e. The molecular weight excluding hydrogens is 354 g/mol. The highest BCUT2D eigenvalue weighted by Gasteiger charge is 2.23. The molecule has 2 aromatic rings. The molecule has 1 unspecified atom stereocenters. The van der Waals surface area contributed by atoms with Crippen LogP contribution in [0.4, 0.5) is 0 Å². The van der Waals surface area contributed by atoms with E-state index in [1.807, 2.05) is 42.2 Å². The molecule has 1 aromatic carbocycles. The number of aryl methyl sites for hydroxylation is 1. The Bertz CT molecular complexity index is 818. The Morgan fingerprint density at radius 3 is 2.54 bits per heavy atom. The SMILES string of the molecule is Cc1ccc(CN(Cc2ccc3c(c2)OCO3)C(=O)CC(C)CC(C)(C)C)o1.